The molecule has 7 bridgehead atoms. The molecule has 218 valence electrons. The topological polar surface area (TPSA) is 118 Å². The van der Waals surface area contributed by atoms with Crippen LogP contribution in [0.25, 0.3) is 0 Å². The number of benzene rings is 1. The van der Waals surface area contributed by atoms with Gasteiger partial charge < -0.3 is 34.3 Å². The summed E-state index contributed by atoms with van der Waals surface area (Å²) in [7, 11) is 4.96. The van der Waals surface area contributed by atoms with Gasteiger partial charge in [0.2, 0.25) is 0 Å². The molecule has 7 rings (SSSR count). The second kappa shape index (κ2) is 8.52. The van der Waals surface area contributed by atoms with Gasteiger partial charge in [-0.25, -0.2) is 4.79 Å². The molecule has 1 aromatic rings. The lowest BCUT2D eigenvalue weighted by Crippen LogP contribution is -2.81. The van der Waals surface area contributed by atoms with Crippen molar-refractivity contribution in [2.75, 3.05) is 41.0 Å². The van der Waals surface area contributed by atoms with Gasteiger partial charge in [0.15, 0.2) is 0 Å². The molecule has 3 N–H and O–H groups in total. The van der Waals surface area contributed by atoms with Crippen LogP contribution in [0, 0.1) is 28.6 Å². The minimum absolute atomic E-state index is 0.146. The Balaban J connectivity index is 1.37. The highest BCUT2D eigenvalue weighted by Crippen LogP contribution is 2.80. The van der Waals surface area contributed by atoms with Crippen molar-refractivity contribution in [3.05, 3.63) is 42.0 Å². The van der Waals surface area contributed by atoms with E-state index in [0.717, 1.165) is 19.4 Å². The van der Waals surface area contributed by atoms with Crippen molar-refractivity contribution in [2.45, 2.75) is 67.7 Å². The zero-order chi connectivity index (χ0) is 28.3. The minimum Gasteiger partial charge on any atom is -0.497 e. The predicted octanol–water partition coefficient (Wildman–Crippen LogP) is 1.79. The number of hydrogen-bond donors (Lipinski definition) is 3. The highest BCUT2D eigenvalue weighted by Gasteiger charge is 2.89. The molecule has 1 aliphatic heterocycles. The Hall–Kier alpha value is -2.01. The van der Waals surface area contributed by atoms with Gasteiger partial charge >= 0.3 is 5.97 Å². The van der Waals surface area contributed by atoms with Crippen LogP contribution in [-0.4, -0.2) is 102 Å². The van der Waals surface area contributed by atoms with Gasteiger partial charge in [0, 0.05) is 49.5 Å². The summed E-state index contributed by atoms with van der Waals surface area (Å²) in [4.78, 5) is 15.8. The van der Waals surface area contributed by atoms with Crippen LogP contribution in [0.1, 0.15) is 43.0 Å². The van der Waals surface area contributed by atoms with E-state index in [2.05, 4.69) is 11.8 Å². The number of piperidine rings is 1. The Morgan fingerprint density at radius 1 is 1.05 bits per heavy atom. The van der Waals surface area contributed by atoms with Crippen LogP contribution in [0.15, 0.2) is 36.4 Å². The molecule has 9 nitrogen and oxygen atoms in total. The molecular weight excluding hydrogens is 514 g/mol. The van der Waals surface area contributed by atoms with Crippen molar-refractivity contribution in [3.63, 3.8) is 0 Å². The van der Waals surface area contributed by atoms with E-state index < -0.39 is 45.6 Å². The number of nitrogens with zero attached hydrogens (tertiary/aromatic N) is 1. The average molecular weight is 556 g/mol. The van der Waals surface area contributed by atoms with Crippen molar-refractivity contribution in [1.29, 1.82) is 0 Å². The van der Waals surface area contributed by atoms with Gasteiger partial charge in [-0.2, -0.15) is 0 Å². The molecule has 5 fully saturated rings. The highest BCUT2D eigenvalue weighted by atomic mass is 16.6. The number of hydrogen-bond acceptors (Lipinski definition) is 9. The molecule has 1 aromatic carbocycles. The van der Waals surface area contributed by atoms with E-state index in [0.29, 0.717) is 30.9 Å². The minimum atomic E-state index is -1.47. The second-order valence-electron chi connectivity index (χ2n) is 13.2. The van der Waals surface area contributed by atoms with Crippen molar-refractivity contribution in [3.8, 4) is 5.75 Å². The highest BCUT2D eigenvalue weighted by molar-refractivity contribution is 5.89. The molecule has 40 heavy (non-hydrogen) atoms. The third kappa shape index (κ3) is 2.87. The molecule has 1 heterocycles. The first-order chi connectivity index (χ1) is 19.1. The lowest BCUT2D eigenvalue weighted by atomic mass is 9.41. The van der Waals surface area contributed by atoms with Crippen LogP contribution < -0.4 is 4.74 Å². The first-order valence-corrected chi connectivity index (χ1v) is 14.6. The van der Waals surface area contributed by atoms with E-state index in [9.17, 15) is 20.1 Å². The van der Waals surface area contributed by atoms with Crippen molar-refractivity contribution in [1.82, 2.24) is 4.90 Å². The fraction of sp³-hybridized carbons (Fsp3) is 0.710. The summed E-state index contributed by atoms with van der Waals surface area (Å²) in [5.41, 5.74) is -4.97. The number of methoxy groups -OCH3 is 3. The number of carbonyl (C=O) groups excluding carboxylic acids is 1. The van der Waals surface area contributed by atoms with E-state index >= 15 is 0 Å². The van der Waals surface area contributed by atoms with Crippen LogP contribution in [0.3, 0.4) is 0 Å². The SMILES string of the molecule is CCN1C[C@]2(COC)CC[C@H](OC)[C@@]34[C@@H]5C[C@@]6(O)C=C[C@@](O)([C@H]5[C@H]6OC(=O)c5ccc(OC)cc5)[C@@H](C[C@]23O)[C@@H]14. The smallest absolute Gasteiger partial charge is 0.338 e. The van der Waals surface area contributed by atoms with Crippen LogP contribution in [0.5, 0.6) is 5.75 Å². The molecule has 0 aromatic heterocycles. The molecule has 0 unspecified atom stereocenters. The van der Waals surface area contributed by atoms with Gasteiger partial charge in [0.25, 0.3) is 0 Å². The summed E-state index contributed by atoms with van der Waals surface area (Å²) in [6.45, 7) is 3.98. The van der Waals surface area contributed by atoms with E-state index in [1.165, 1.54) is 0 Å². The third-order valence-corrected chi connectivity index (χ3v) is 12.1. The zero-order valence-electron chi connectivity index (χ0n) is 23.7. The molecule has 11 atom stereocenters. The summed E-state index contributed by atoms with van der Waals surface area (Å²) in [5.74, 6) is -1.20. The molecule has 5 aliphatic carbocycles. The Morgan fingerprint density at radius 2 is 1.80 bits per heavy atom. The fourth-order valence-corrected chi connectivity index (χ4v) is 10.9. The Labute approximate surface area is 235 Å². The molecule has 1 saturated heterocycles. The molecular formula is C31H41NO8. The van der Waals surface area contributed by atoms with Crippen molar-refractivity contribution in [2.24, 2.45) is 28.6 Å². The third-order valence-electron chi connectivity index (χ3n) is 12.1. The van der Waals surface area contributed by atoms with E-state index in [4.69, 9.17) is 18.9 Å². The molecule has 1 spiro atoms. The zero-order valence-corrected chi connectivity index (χ0v) is 23.7. The number of aliphatic hydroxyl groups is 3. The van der Waals surface area contributed by atoms with Crippen molar-refractivity contribution < 1.29 is 39.1 Å². The first-order valence-electron chi connectivity index (χ1n) is 14.6. The van der Waals surface area contributed by atoms with Gasteiger partial charge in [-0.05, 0) is 62.4 Å². The monoisotopic (exact) mass is 555 g/mol. The van der Waals surface area contributed by atoms with Crippen molar-refractivity contribution >= 4 is 5.97 Å². The molecule has 0 amide bonds. The summed E-state index contributed by atoms with van der Waals surface area (Å²) in [6.07, 6.45) is 4.35. The number of esters is 1. The predicted molar refractivity (Wildman–Crippen MR) is 144 cm³/mol. The normalized spacial score (nSPS) is 49.7. The quantitative estimate of drug-likeness (QED) is 0.342. The van der Waals surface area contributed by atoms with Crippen LogP contribution in [-0.2, 0) is 14.2 Å². The lowest BCUT2D eigenvalue weighted by molar-refractivity contribution is -0.320. The maximum Gasteiger partial charge on any atom is 0.338 e. The number of ether oxygens (including phenoxy) is 4. The summed E-state index contributed by atoms with van der Waals surface area (Å²) < 4.78 is 23.4. The van der Waals surface area contributed by atoms with E-state index in [1.54, 1.807) is 57.7 Å². The lowest BCUT2D eigenvalue weighted by Gasteiger charge is -2.71. The Morgan fingerprint density at radius 3 is 2.45 bits per heavy atom. The van der Waals surface area contributed by atoms with Gasteiger partial charge in [0.1, 0.15) is 17.5 Å². The maximum atomic E-state index is 13.4. The van der Waals surface area contributed by atoms with Crippen LogP contribution in [0.4, 0.5) is 0 Å². The second-order valence-corrected chi connectivity index (χ2v) is 13.2. The van der Waals surface area contributed by atoms with Crippen LogP contribution in [0.2, 0.25) is 0 Å². The van der Waals surface area contributed by atoms with E-state index in [1.807, 2.05) is 0 Å². The molecule has 4 saturated carbocycles. The molecule has 0 radical (unpaired) electrons. The number of rotatable bonds is 7. The summed E-state index contributed by atoms with van der Waals surface area (Å²) in [6, 6.07) is 6.51. The molecule has 6 aliphatic rings. The first kappa shape index (κ1) is 26.9. The van der Waals surface area contributed by atoms with E-state index in [-0.39, 0.29) is 30.4 Å². The van der Waals surface area contributed by atoms with Gasteiger partial charge in [-0.3, -0.25) is 4.90 Å². The fourth-order valence-electron chi connectivity index (χ4n) is 10.9. The Bertz CT molecular complexity index is 1240. The average Bonchev–Trinajstić information content (AvgIpc) is 3.30. The number of likely N-dealkylation sites (tertiary alicyclic amines) is 1. The molecule has 9 heteroatoms. The van der Waals surface area contributed by atoms with Gasteiger partial charge in [-0.1, -0.05) is 19.1 Å². The van der Waals surface area contributed by atoms with Gasteiger partial charge in [-0.15, -0.1) is 0 Å². The standard InChI is InChI=1S/C31H41NO8/c1-5-32-16-27(17-37-2)11-10-22(39-4)31-20-14-28(34)12-13-29(35,21(24(31)32)15-30(27,31)36)23(20)25(28)40-26(33)18-6-8-19(38-3)9-7-18/h6-9,12-13,20-25,34-36H,5,10-11,14-17H2,1-4H3/t20-,21+,22+,23-,24-,25-,27+,28+,29+,30+,31-/m1/s1. The summed E-state index contributed by atoms with van der Waals surface area (Å²) >= 11 is 0. The maximum absolute atomic E-state index is 13.4. The largest absolute Gasteiger partial charge is 0.497 e. The van der Waals surface area contributed by atoms with Gasteiger partial charge in [0.05, 0.1) is 36.6 Å². The van der Waals surface area contributed by atoms with Crippen LogP contribution >= 0.6 is 0 Å². The Kier molecular flexibility index (Phi) is 5.72. The number of fused-ring (bicyclic) bond motifs is 2. The summed E-state index contributed by atoms with van der Waals surface area (Å²) in [5, 5.41) is 37.8. The number of carbonyl (C=O) groups is 1.